The number of ether oxygens (including phenoxy) is 1. The molecule has 110 valence electrons. The number of fused-ring (bicyclic) bond motifs is 1. The number of aliphatic hydroxyl groups excluding tert-OH is 1. The molecule has 0 radical (unpaired) electrons. The van der Waals surface area contributed by atoms with Crippen LogP contribution in [0.2, 0.25) is 0 Å². The summed E-state index contributed by atoms with van der Waals surface area (Å²) in [6.45, 7) is 0.678. The van der Waals surface area contributed by atoms with Crippen LogP contribution in [0.5, 0.6) is 0 Å². The van der Waals surface area contributed by atoms with E-state index in [0.717, 1.165) is 19.3 Å². The molecule has 1 aromatic heterocycles. The van der Waals surface area contributed by atoms with Crippen molar-refractivity contribution in [2.75, 3.05) is 13.2 Å². The summed E-state index contributed by atoms with van der Waals surface area (Å²) in [5.74, 6) is 0. The number of nitrogens with zero attached hydrogens (tertiary/aromatic N) is 2. The van der Waals surface area contributed by atoms with Crippen molar-refractivity contribution in [3.05, 3.63) is 23.9 Å². The lowest BCUT2D eigenvalue weighted by Gasteiger charge is -2.36. The molecule has 0 bridgehead atoms. The monoisotopic (exact) mass is 298 g/mol. The van der Waals surface area contributed by atoms with Crippen LogP contribution in [0.15, 0.2) is 23.4 Å². The number of hydrogen-bond donors (Lipinski definition) is 1. The Labute approximate surface area is 118 Å². The van der Waals surface area contributed by atoms with E-state index in [0.29, 0.717) is 18.7 Å². The first-order valence-corrected chi connectivity index (χ1v) is 8.26. The normalized spacial score (nSPS) is 27.4. The van der Waals surface area contributed by atoms with E-state index in [2.05, 4.69) is 4.98 Å². The zero-order valence-corrected chi connectivity index (χ0v) is 11.9. The van der Waals surface area contributed by atoms with Gasteiger partial charge in [0.15, 0.2) is 5.03 Å². The fourth-order valence-electron chi connectivity index (χ4n) is 2.97. The van der Waals surface area contributed by atoms with Gasteiger partial charge in [-0.3, -0.25) is 0 Å². The first kappa shape index (κ1) is 13.9. The van der Waals surface area contributed by atoms with Gasteiger partial charge in [0.05, 0.1) is 25.4 Å². The van der Waals surface area contributed by atoms with Crippen molar-refractivity contribution in [3.63, 3.8) is 0 Å². The summed E-state index contributed by atoms with van der Waals surface area (Å²) >= 11 is 0. The van der Waals surface area contributed by atoms with E-state index in [9.17, 15) is 8.42 Å². The minimum atomic E-state index is -3.58. The number of hydrogen-bond acceptors (Lipinski definition) is 5. The van der Waals surface area contributed by atoms with Crippen LogP contribution in [0.25, 0.3) is 0 Å². The van der Waals surface area contributed by atoms with Crippen molar-refractivity contribution in [3.8, 4) is 0 Å². The highest BCUT2D eigenvalue weighted by Gasteiger charge is 2.42. The second-order valence-electron chi connectivity index (χ2n) is 5.19. The maximum Gasteiger partial charge on any atom is 0.260 e. The Hall–Kier alpha value is -1.02. The minimum absolute atomic E-state index is 0.0234. The highest BCUT2D eigenvalue weighted by Crippen LogP contribution is 2.32. The predicted octanol–water partition coefficient (Wildman–Crippen LogP) is 0.516. The van der Waals surface area contributed by atoms with Gasteiger partial charge in [-0.1, -0.05) is 6.07 Å². The zero-order chi connectivity index (χ0) is 14.2. The van der Waals surface area contributed by atoms with Gasteiger partial charge in [-0.2, -0.15) is 4.31 Å². The first-order chi connectivity index (χ1) is 9.63. The summed E-state index contributed by atoms with van der Waals surface area (Å²) in [7, 11) is -3.58. The SMILES string of the molecule is O=S(=O)(c1ccc(CO)cn1)N1CCOC2CCCC21. The summed E-state index contributed by atoms with van der Waals surface area (Å²) in [4.78, 5) is 3.98. The van der Waals surface area contributed by atoms with Gasteiger partial charge in [-0.05, 0) is 30.9 Å². The summed E-state index contributed by atoms with van der Waals surface area (Å²) in [5, 5.41) is 9.03. The number of sulfonamides is 1. The van der Waals surface area contributed by atoms with Gasteiger partial charge in [-0.15, -0.1) is 0 Å². The molecular formula is C13H18N2O4S. The molecule has 1 saturated heterocycles. The maximum absolute atomic E-state index is 12.7. The molecule has 0 amide bonds. The van der Waals surface area contributed by atoms with Gasteiger partial charge in [0.25, 0.3) is 10.0 Å². The van der Waals surface area contributed by atoms with E-state index in [4.69, 9.17) is 9.84 Å². The van der Waals surface area contributed by atoms with E-state index in [1.165, 1.54) is 16.6 Å². The van der Waals surface area contributed by atoms with Crippen molar-refractivity contribution in [1.29, 1.82) is 0 Å². The number of aromatic nitrogens is 1. The number of rotatable bonds is 3. The Morgan fingerprint density at radius 3 is 2.95 bits per heavy atom. The average molecular weight is 298 g/mol. The number of morpholine rings is 1. The standard InChI is InChI=1S/C13H18N2O4S/c16-9-10-4-5-13(14-8-10)20(17,18)15-6-7-19-12-3-1-2-11(12)15/h4-5,8,11-12,16H,1-3,6-7,9H2. The van der Waals surface area contributed by atoms with E-state index in [1.807, 2.05) is 0 Å². The summed E-state index contributed by atoms with van der Waals surface area (Å²) < 4.78 is 32.5. The zero-order valence-electron chi connectivity index (χ0n) is 11.1. The fraction of sp³-hybridized carbons (Fsp3) is 0.615. The molecule has 2 unspecified atom stereocenters. The quantitative estimate of drug-likeness (QED) is 0.880. The number of aliphatic hydroxyl groups is 1. The van der Waals surface area contributed by atoms with E-state index < -0.39 is 10.0 Å². The number of pyridine rings is 1. The molecule has 20 heavy (non-hydrogen) atoms. The maximum atomic E-state index is 12.7. The summed E-state index contributed by atoms with van der Waals surface area (Å²) in [6, 6.07) is 2.99. The van der Waals surface area contributed by atoms with Crippen molar-refractivity contribution in [1.82, 2.24) is 9.29 Å². The van der Waals surface area contributed by atoms with Crippen LogP contribution in [-0.4, -0.2) is 48.1 Å². The molecule has 7 heteroatoms. The largest absolute Gasteiger partial charge is 0.392 e. The average Bonchev–Trinajstić information content (AvgIpc) is 2.95. The lowest BCUT2D eigenvalue weighted by Crippen LogP contribution is -2.51. The first-order valence-electron chi connectivity index (χ1n) is 6.82. The van der Waals surface area contributed by atoms with Crippen LogP contribution in [0, 0.1) is 0 Å². The molecule has 2 fully saturated rings. The summed E-state index contributed by atoms with van der Waals surface area (Å²) in [5.41, 5.74) is 0.602. The highest BCUT2D eigenvalue weighted by molar-refractivity contribution is 7.89. The molecule has 1 aliphatic heterocycles. The van der Waals surface area contributed by atoms with Crippen molar-refractivity contribution < 1.29 is 18.3 Å². The van der Waals surface area contributed by atoms with Crippen LogP contribution in [0.4, 0.5) is 0 Å². The molecule has 2 atom stereocenters. The van der Waals surface area contributed by atoms with Gasteiger partial charge in [0.1, 0.15) is 0 Å². The molecular weight excluding hydrogens is 280 g/mol. The molecule has 1 N–H and O–H groups in total. The molecule has 2 heterocycles. The van der Waals surface area contributed by atoms with Gasteiger partial charge in [0.2, 0.25) is 0 Å². The van der Waals surface area contributed by atoms with Gasteiger partial charge < -0.3 is 9.84 Å². The molecule has 1 aromatic rings. The van der Waals surface area contributed by atoms with Gasteiger partial charge in [-0.25, -0.2) is 13.4 Å². The Morgan fingerprint density at radius 1 is 1.40 bits per heavy atom. The van der Waals surface area contributed by atoms with Crippen LogP contribution >= 0.6 is 0 Å². The topological polar surface area (TPSA) is 79.7 Å². The lowest BCUT2D eigenvalue weighted by molar-refractivity contribution is -0.0242. The third-order valence-electron chi connectivity index (χ3n) is 3.98. The molecule has 0 aromatic carbocycles. The van der Waals surface area contributed by atoms with Crippen LogP contribution in [-0.2, 0) is 21.4 Å². The van der Waals surface area contributed by atoms with Crippen molar-refractivity contribution in [2.24, 2.45) is 0 Å². The Morgan fingerprint density at radius 2 is 2.25 bits per heavy atom. The molecule has 2 aliphatic rings. The second-order valence-corrected chi connectivity index (χ2v) is 7.02. The Balaban J connectivity index is 1.89. The molecule has 3 rings (SSSR count). The van der Waals surface area contributed by atoms with Crippen molar-refractivity contribution >= 4 is 10.0 Å². The van der Waals surface area contributed by atoms with Crippen molar-refractivity contribution in [2.45, 2.75) is 43.0 Å². The highest BCUT2D eigenvalue weighted by atomic mass is 32.2. The Kier molecular flexibility index (Phi) is 3.76. The molecule has 1 saturated carbocycles. The summed E-state index contributed by atoms with van der Waals surface area (Å²) in [6.07, 6.45) is 4.19. The smallest absolute Gasteiger partial charge is 0.260 e. The minimum Gasteiger partial charge on any atom is -0.392 e. The van der Waals surface area contributed by atoms with Crippen LogP contribution in [0.1, 0.15) is 24.8 Å². The van der Waals surface area contributed by atoms with Gasteiger partial charge >= 0.3 is 0 Å². The third kappa shape index (κ3) is 2.35. The van der Waals surface area contributed by atoms with E-state index in [1.54, 1.807) is 6.07 Å². The third-order valence-corrected chi connectivity index (χ3v) is 5.83. The van der Waals surface area contributed by atoms with E-state index >= 15 is 0 Å². The fourth-order valence-corrected chi connectivity index (χ4v) is 4.54. The predicted molar refractivity (Wildman–Crippen MR) is 71.4 cm³/mol. The van der Waals surface area contributed by atoms with E-state index in [-0.39, 0.29) is 23.8 Å². The second kappa shape index (κ2) is 5.40. The van der Waals surface area contributed by atoms with Crippen LogP contribution in [0.3, 0.4) is 0 Å². The van der Waals surface area contributed by atoms with Gasteiger partial charge in [0, 0.05) is 12.7 Å². The molecule has 1 aliphatic carbocycles. The Bertz CT molecular complexity index is 573. The molecule has 0 spiro atoms. The van der Waals surface area contributed by atoms with Crippen LogP contribution < -0.4 is 0 Å². The lowest BCUT2D eigenvalue weighted by atomic mass is 10.2. The molecule has 6 nitrogen and oxygen atoms in total.